The molecule has 0 radical (unpaired) electrons. The van der Waals surface area contributed by atoms with E-state index in [0.29, 0.717) is 11.3 Å². The van der Waals surface area contributed by atoms with Crippen molar-refractivity contribution in [3.8, 4) is 0 Å². The van der Waals surface area contributed by atoms with E-state index < -0.39 is 0 Å². The number of hydrogen-bond acceptors (Lipinski definition) is 3. The van der Waals surface area contributed by atoms with Gasteiger partial charge >= 0.3 is 0 Å². The molecule has 4 heteroatoms. The zero-order valence-electron chi connectivity index (χ0n) is 11.0. The van der Waals surface area contributed by atoms with Gasteiger partial charge < -0.3 is 5.32 Å². The average molecular weight is 337 g/mol. The number of rotatable bonds is 5. The van der Waals surface area contributed by atoms with Crippen LogP contribution in [0.2, 0.25) is 0 Å². The Bertz CT molecular complexity index is 501. The molecule has 0 saturated carbocycles. The zero-order chi connectivity index (χ0) is 13.7. The molecule has 100 valence electrons. The molecule has 1 N–H and O–H groups in total. The van der Waals surface area contributed by atoms with Crippen molar-refractivity contribution < 1.29 is 0 Å². The van der Waals surface area contributed by atoms with Crippen molar-refractivity contribution >= 4 is 27.7 Å². The molecule has 0 bridgehead atoms. The van der Waals surface area contributed by atoms with E-state index in [-0.39, 0.29) is 0 Å². The summed E-state index contributed by atoms with van der Waals surface area (Å²) in [5.74, 6) is 0. The maximum absolute atomic E-state index is 4.42. The van der Waals surface area contributed by atoms with E-state index in [1.54, 1.807) is 11.8 Å². The topological polar surface area (TPSA) is 24.9 Å². The SMILES string of the molecule is CNC(c1ccccc1)C(C)Sc1ccc(Br)cn1. The maximum Gasteiger partial charge on any atom is 0.0963 e. The fourth-order valence-corrected chi connectivity index (χ4v) is 3.33. The summed E-state index contributed by atoms with van der Waals surface area (Å²) in [6, 6.07) is 14.9. The predicted molar refractivity (Wildman–Crippen MR) is 85.5 cm³/mol. The van der Waals surface area contributed by atoms with E-state index in [1.807, 2.05) is 31.4 Å². The van der Waals surface area contributed by atoms with Crippen LogP contribution >= 0.6 is 27.7 Å². The molecule has 2 unspecified atom stereocenters. The molecule has 2 rings (SSSR count). The van der Waals surface area contributed by atoms with Crippen molar-refractivity contribution in [1.82, 2.24) is 10.3 Å². The highest BCUT2D eigenvalue weighted by molar-refractivity contribution is 9.10. The molecule has 1 heterocycles. The third-order valence-corrected chi connectivity index (χ3v) is 4.54. The maximum atomic E-state index is 4.42. The predicted octanol–water partition coefficient (Wildman–Crippen LogP) is 4.29. The second kappa shape index (κ2) is 7.08. The number of nitrogens with one attached hydrogen (secondary N) is 1. The highest BCUT2D eigenvalue weighted by atomic mass is 79.9. The Kier molecular flexibility index (Phi) is 5.43. The van der Waals surface area contributed by atoms with Gasteiger partial charge in [-0.05, 0) is 40.7 Å². The summed E-state index contributed by atoms with van der Waals surface area (Å²) in [4.78, 5) is 4.42. The number of hydrogen-bond donors (Lipinski definition) is 1. The fraction of sp³-hybridized carbons (Fsp3) is 0.267. The Morgan fingerprint density at radius 2 is 1.89 bits per heavy atom. The van der Waals surface area contributed by atoms with Gasteiger partial charge in [0.25, 0.3) is 0 Å². The first kappa shape index (κ1) is 14.6. The van der Waals surface area contributed by atoms with E-state index >= 15 is 0 Å². The first-order valence-corrected chi connectivity index (χ1v) is 7.88. The summed E-state index contributed by atoms with van der Waals surface area (Å²) in [7, 11) is 2.00. The van der Waals surface area contributed by atoms with Crippen LogP contribution in [-0.2, 0) is 0 Å². The van der Waals surface area contributed by atoms with Gasteiger partial charge in [-0.15, -0.1) is 11.8 Å². The van der Waals surface area contributed by atoms with E-state index in [2.05, 4.69) is 57.4 Å². The first-order valence-electron chi connectivity index (χ1n) is 6.21. The third kappa shape index (κ3) is 4.06. The molecule has 1 aromatic carbocycles. The summed E-state index contributed by atoms with van der Waals surface area (Å²) in [6.45, 7) is 2.22. The minimum atomic E-state index is 0.316. The summed E-state index contributed by atoms with van der Waals surface area (Å²) >= 11 is 5.19. The Balaban J connectivity index is 2.09. The van der Waals surface area contributed by atoms with E-state index in [4.69, 9.17) is 0 Å². The van der Waals surface area contributed by atoms with Crippen LogP contribution in [0.25, 0.3) is 0 Å². The van der Waals surface area contributed by atoms with Crippen LogP contribution in [0.4, 0.5) is 0 Å². The summed E-state index contributed by atoms with van der Waals surface area (Å²) in [6.07, 6.45) is 1.84. The van der Waals surface area contributed by atoms with Crippen LogP contribution < -0.4 is 5.32 Å². The minimum absolute atomic E-state index is 0.316. The minimum Gasteiger partial charge on any atom is -0.312 e. The van der Waals surface area contributed by atoms with Crippen molar-refractivity contribution in [3.63, 3.8) is 0 Å². The van der Waals surface area contributed by atoms with Gasteiger partial charge in [0.05, 0.1) is 5.03 Å². The monoisotopic (exact) mass is 336 g/mol. The Hall–Kier alpha value is -0.840. The quantitative estimate of drug-likeness (QED) is 0.824. The van der Waals surface area contributed by atoms with Crippen LogP contribution in [0, 0.1) is 0 Å². The number of nitrogens with zero attached hydrogens (tertiary/aromatic N) is 1. The van der Waals surface area contributed by atoms with Crippen LogP contribution in [0.3, 0.4) is 0 Å². The number of halogens is 1. The number of aromatic nitrogens is 1. The molecule has 0 aliphatic rings. The van der Waals surface area contributed by atoms with E-state index in [1.165, 1.54) is 5.56 Å². The molecular weight excluding hydrogens is 320 g/mol. The lowest BCUT2D eigenvalue weighted by Crippen LogP contribution is -2.25. The average Bonchev–Trinajstić information content (AvgIpc) is 2.43. The molecule has 2 aromatic rings. The number of thioether (sulfide) groups is 1. The molecule has 0 amide bonds. The molecule has 0 aliphatic carbocycles. The van der Waals surface area contributed by atoms with Crippen molar-refractivity contribution in [1.29, 1.82) is 0 Å². The molecule has 0 fully saturated rings. The van der Waals surface area contributed by atoms with Crippen molar-refractivity contribution in [2.75, 3.05) is 7.05 Å². The van der Waals surface area contributed by atoms with Gasteiger partial charge in [-0.3, -0.25) is 0 Å². The van der Waals surface area contributed by atoms with Crippen molar-refractivity contribution in [2.45, 2.75) is 23.2 Å². The molecule has 19 heavy (non-hydrogen) atoms. The fourth-order valence-electron chi connectivity index (χ4n) is 2.02. The number of pyridine rings is 1. The van der Waals surface area contributed by atoms with Crippen LogP contribution in [0.1, 0.15) is 18.5 Å². The second-order valence-electron chi connectivity index (χ2n) is 4.31. The van der Waals surface area contributed by atoms with E-state index in [9.17, 15) is 0 Å². The van der Waals surface area contributed by atoms with Gasteiger partial charge in [-0.1, -0.05) is 37.3 Å². The second-order valence-corrected chi connectivity index (χ2v) is 6.63. The highest BCUT2D eigenvalue weighted by Gasteiger charge is 2.18. The lowest BCUT2D eigenvalue weighted by molar-refractivity contribution is 0.589. The molecule has 0 saturated heterocycles. The summed E-state index contributed by atoms with van der Waals surface area (Å²) in [5, 5.41) is 4.84. The highest BCUT2D eigenvalue weighted by Crippen LogP contribution is 2.31. The van der Waals surface area contributed by atoms with Gasteiger partial charge in [0.1, 0.15) is 0 Å². The molecular formula is C15H17BrN2S. The standard InChI is InChI=1S/C15H17BrN2S/c1-11(19-14-9-8-13(16)10-18-14)15(17-2)12-6-4-3-5-7-12/h3-11,15,17H,1-2H3. The Morgan fingerprint density at radius 3 is 2.47 bits per heavy atom. The molecule has 1 aromatic heterocycles. The number of benzene rings is 1. The van der Waals surface area contributed by atoms with Gasteiger partial charge in [0, 0.05) is 22.0 Å². The Morgan fingerprint density at radius 1 is 1.16 bits per heavy atom. The normalized spacial score (nSPS) is 14.1. The van der Waals surface area contributed by atoms with Gasteiger partial charge in [0.2, 0.25) is 0 Å². The molecule has 0 spiro atoms. The molecule has 2 atom stereocenters. The molecule has 0 aliphatic heterocycles. The van der Waals surface area contributed by atoms with Gasteiger partial charge in [-0.2, -0.15) is 0 Å². The smallest absolute Gasteiger partial charge is 0.0963 e. The Labute approximate surface area is 127 Å². The third-order valence-electron chi connectivity index (χ3n) is 2.95. The largest absolute Gasteiger partial charge is 0.312 e. The van der Waals surface area contributed by atoms with Gasteiger partial charge in [-0.25, -0.2) is 4.98 Å². The lowest BCUT2D eigenvalue weighted by atomic mass is 10.0. The lowest BCUT2D eigenvalue weighted by Gasteiger charge is -2.23. The van der Waals surface area contributed by atoms with Crippen LogP contribution in [0.5, 0.6) is 0 Å². The zero-order valence-corrected chi connectivity index (χ0v) is 13.4. The summed E-state index contributed by atoms with van der Waals surface area (Å²) < 4.78 is 1.01. The van der Waals surface area contributed by atoms with Crippen molar-refractivity contribution in [2.24, 2.45) is 0 Å². The van der Waals surface area contributed by atoms with Crippen LogP contribution in [-0.4, -0.2) is 17.3 Å². The van der Waals surface area contributed by atoms with Crippen LogP contribution in [0.15, 0.2) is 58.2 Å². The first-order chi connectivity index (χ1) is 9.20. The van der Waals surface area contributed by atoms with Gasteiger partial charge in [0.15, 0.2) is 0 Å². The summed E-state index contributed by atoms with van der Waals surface area (Å²) in [5.41, 5.74) is 1.31. The molecule has 2 nitrogen and oxygen atoms in total. The van der Waals surface area contributed by atoms with Crippen molar-refractivity contribution in [3.05, 3.63) is 58.7 Å². The van der Waals surface area contributed by atoms with E-state index in [0.717, 1.165) is 9.50 Å².